The number of likely N-dealkylation sites (N-methyl/N-ethyl adjacent to an activating group) is 1. The summed E-state index contributed by atoms with van der Waals surface area (Å²) >= 11 is 0. The van der Waals surface area contributed by atoms with Gasteiger partial charge in [-0.1, -0.05) is 30.3 Å². The number of rotatable bonds is 9. The molecule has 2 aromatic carbocycles. The number of ether oxygens (including phenoxy) is 1. The van der Waals surface area contributed by atoms with E-state index < -0.39 is 0 Å². The Balaban J connectivity index is 0.00000320. The van der Waals surface area contributed by atoms with Crippen LogP contribution in [0.15, 0.2) is 53.5 Å². The van der Waals surface area contributed by atoms with E-state index in [0.717, 1.165) is 36.3 Å². The SMILES string of the molecule is CN=C(NCc1cccc(OCCN(C)C)c1)NCC1(c2ccccc2F)CC1.I. The second-order valence-corrected chi connectivity index (χ2v) is 7.84. The van der Waals surface area contributed by atoms with Crippen molar-refractivity contribution in [3.05, 3.63) is 65.5 Å². The number of benzene rings is 2. The van der Waals surface area contributed by atoms with Gasteiger partial charge in [0.1, 0.15) is 18.2 Å². The van der Waals surface area contributed by atoms with Gasteiger partial charge in [-0.15, -0.1) is 24.0 Å². The molecular formula is C23H32FIN4O. The van der Waals surface area contributed by atoms with Gasteiger partial charge < -0.3 is 20.3 Å². The number of guanidine groups is 1. The molecule has 7 heteroatoms. The molecule has 3 rings (SSSR count). The zero-order valence-corrected chi connectivity index (χ0v) is 20.3. The highest BCUT2D eigenvalue weighted by atomic mass is 127. The van der Waals surface area contributed by atoms with Crippen molar-refractivity contribution in [1.82, 2.24) is 15.5 Å². The molecule has 0 atom stereocenters. The molecule has 30 heavy (non-hydrogen) atoms. The zero-order chi connectivity index (χ0) is 20.7. The zero-order valence-electron chi connectivity index (χ0n) is 18.0. The standard InChI is InChI=1S/C23H31FN4O.HI/c1-25-22(27-17-23(11-12-23)20-9-4-5-10-21(20)24)26-16-18-7-6-8-19(15-18)29-14-13-28(2)3;/h4-10,15H,11-14,16-17H2,1-3H3,(H2,25,26,27);1H. The molecule has 5 nitrogen and oxygen atoms in total. The van der Waals surface area contributed by atoms with Crippen molar-refractivity contribution >= 4 is 29.9 Å². The second kappa shape index (κ2) is 11.5. The average molecular weight is 526 g/mol. The first-order chi connectivity index (χ1) is 14.0. The van der Waals surface area contributed by atoms with Crippen molar-refractivity contribution in [2.24, 2.45) is 4.99 Å². The normalized spacial score (nSPS) is 14.8. The number of aliphatic imine (C=N–C) groups is 1. The summed E-state index contributed by atoms with van der Waals surface area (Å²) in [6.45, 7) is 2.84. The van der Waals surface area contributed by atoms with E-state index in [9.17, 15) is 4.39 Å². The Kier molecular flexibility index (Phi) is 9.36. The van der Waals surface area contributed by atoms with Gasteiger partial charge in [-0.2, -0.15) is 0 Å². The number of nitrogens with zero attached hydrogens (tertiary/aromatic N) is 2. The van der Waals surface area contributed by atoms with E-state index in [1.54, 1.807) is 13.1 Å². The highest BCUT2D eigenvalue weighted by Gasteiger charge is 2.45. The summed E-state index contributed by atoms with van der Waals surface area (Å²) in [5.74, 6) is 1.46. The summed E-state index contributed by atoms with van der Waals surface area (Å²) in [7, 11) is 5.80. The summed E-state index contributed by atoms with van der Waals surface area (Å²) in [6, 6.07) is 15.1. The Morgan fingerprint density at radius 2 is 1.90 bits per heavy atom. The molecule has 0 heterocycles. The van der Waals surface area contributed by atoms with E-state index in [-0.39, 0.29) is 35.2 Å². The molecular weight excluding hydrogens is 494 g/mol. The topological polar surface area (TPSA) is 48.9 Å². The first-order valence-electron chi connectivity index (χ1n) is 10.1. The maximum absolute atomic E-state index is 14.2. The number of hydrogen-bond acceptors (Lipinski definition) is 3. The molecule has 0 aromatic heterocycles. The quantitative estimate of drug-likeness (QED) is 0.297. The van der Waals surface area contributed by atoms with Gasteiger partial charge >= 0.3 is 0 Å². The maximum Gasteiger partial charge on any atom is 0.191 e. The fourth-order valence-corrected chi connectivity index (χ4v) is 3.33. The predicted octanol–water partition coefficient (Wildman–Crippen LogP) is 3.78. The molecule has 0 saturated heterocycles. The third-order valence-electron chi connectivity index (χ3n) is 5.28. The van der Waals surface area contributed by atoms with E-state index in [1.807, 2.05) is 44.4 Å². The molecule has 0 unspecified atom stereocenters. The Hall–Kier alpha value is -1.87. The lowest BCUT2D eigenvalue weighted by molar-refractivity contribution is 0.261. The summed E-state index contributed by atoms with van der Waals surface area (Å²) in [5.41, 5.74) is 1.79. The third-order valence-corrected chi connectivity index (χ3v) is 5.28. The van der Waals surface area contributed by atoms with Gasteiger partial charge in [-0.05, 0) is 56.3 Å². The Morgan fingerprint density at radius 1 is 1.13 bits per heavy atom. The van der Waals surface area contributed by atoms with Crippen LogP contribution < -0.4 is 15.4 Å². The number of nitrogens with one attached hydrogen (secondary N) is 2. The van der Waals surface area contributed by atoms with E-state index in [2.05, 4.69) is 26.6 Å². The minimum Gasteiger partial charge on any atom is -0.492 e. The van der Waals surface area contributed by atoms with Gasteiger partial charge in [0.05, 0.1) is 0 Å². The largest absolute Gasteiger partial charge is 0.492 e. The molecule has 164 valence electrons. The lowest BCUT2D eigenvalue weighted by atomic mass is 9.95. The lowest BCUT2D eigenvalue weighted by Crippen LogP contribution is -2.41. The molecule has 1 fully saturated rings. The van der Waals surface area contributed by atoms with Gasteiger partial charge in [0, 0.05) is 32.1 Å². The van der Waals surface area contributed by atoms with Gasteiger partial charge in [0.15, 0.2) is 5.96 Å². The summed E-state index contributed by atoms with van der Waals surface area (Å²) in [5, 5.41) is 6.70. The van der Waals surface area contributed by atoms with E-state index in [4.69, 9.17) is 4.74 Å². The van der Waals surface area contributed by atoms with E-state index in [1.165, 1.54) is 6.07 Å². The second-order valence-electron chi connectivity index (χ2n) is 7.84. The minimum atomic E-state index is -0.124. The number of halogens is 2. The smallest absolute Gasteiger partial charge is 0.191 e. The lowest BCUT2D eigenvalue weighted by Gasteiger charge is -2.19. The molecule has 0 bridgehead atoms. The van der Waals surface area contributed by atoms with Crippen LogP contribution in [0.3, 0.4) is 0 Å². The first-order valence-corrected chi connectivity index (χ1v) is 10.1. The van der Waals surface area contributed by atoms with Crippen molar-refractivity contribution in [3.63, 3.8) is 0 Å². The molecule has 2 N–H and O–H groups in total. The van der Waals surface area contributed by atoms with Crippen molar-refractivity contribution in [3.8, 4) is 5.75 Å². The summed E-state index contributed by atoms with van der Waals surface area (Å²) < 4.78 is 20.0. The van der Waals surface area contributed by atoms with Crippen molar-refractivity contribution in [2.45, 2.75) is 24.8 Å². The van der Waals surface area contributed by atoms with Crippen LogP contribution in [-0.2, 0) is 12.0 Å². The van der Waals surface area contributed by atoms with Crippen LogP contribution in [0.25, 0.3) is 0 Å². The van der Waals surface area contributed by atoms with Crippen LogP contribution in [0.5, 0.6) is 5.75 Å². The van der Waals surface area contributed by atoms with Gasteiger partial charge in [-0.3, -0.25) is 4.99 Å². The van der Waals surface area contributed by atoms with Crippen molar-refractivity contribution < 1.29 is 9.13 Å². The minimum absolute atomic E-state index is 0. The van der Waals surface area contributed by atoms with Crippen LogP contribution in [0.1, 0.15) is 24.0 Å². The third kappa shape index (κ3) is 6.84. The van der Waals surface area contributed by atoms with E-state index in [0.29, 0.717) is 25.7 Å². The number of hydrogen-bond donors (Lipinski definition) is 2. The van der Waals surface area contributed by atoms with Crippen LogP contribution in [0.4, 0.5) is 4.39 Å². The van der Waals surface area contributed by atoms with Gasteiger partial charge in [-0.25, -0.2) is 4.39 Å². The van der Waals surface area contributed by atoms with Crippen molar-refractivity contribution in [1.29, 1.82) is 0 Å². The van der Waals surface area contributed by atoms with E-state index >= 15 is 0 Å². The summed E-state index contributed by atoms with van der Waals surface area (Å²) in [4.78, 5) is 6.40. The fraction of sp³-hybridized carbons (Fsp3) is 0.435. The van der Waals surface area contributed by atoms with Crippen LogP contribution >= 0.6 is 24.0 Å². The average Bonchev–Trinajstić information content (AvgIpc) is 3.49. The van der Waals surface area contributed by atoms with Crippen molar-refractivity contribution in [2.75, 3.05) is 40.8 Å². The highest BCUT2D eigenvalue weighted by Crippen LogP contribution is 2.48. The molecule has 0 spiro atoms. The van der Waals surface area contributed by atoms with Crippen LogP contribution in [0, 0.1) is 5.82 Å². The Bertz CT molecular complexity index is 839. The molecule has 2 aromatic rings. The molecule has 0 amide bonds. The molecule has 1 aliphatic rings. The van der Waals surface area contributed by atoms with Crippen LogP contribution in [0.2, 0.25) is 0 Å². The predicted molar refractivity (Wildman–Crippen MR) is 131 cm³/mol. The van der Waals surface area contributed by atoms with Gasteiger partial charge in [0.2, 0.25) is 0 Å². The first kappa shape index (κ1) is 24.4. The van der Waals surface area contributed by atoms with Crippen LogP contribution in [-0.4, -0.2) is 51.7 Å². The highest BCUT2D eigenvalue weighted by molar-refractivity contribution is 14.0. The Morgan fingerprint density at radius 3 is 2.57 bits per heavy atom. The monoisotopic (exact) mass is 526 g/mol. The molecule has 0 aliphatic heterocycles. The fourth-order valence-electron chi connectivity index (χ4n) is 3.33. The molecule has 0 radical (unpaired) electrons. The Labute approximate surface area is 196 Å². The molecule has 1 saturated carbocycles. The summed E-state index contributed by atoms with van der Waals surface area (Å²) in [6.07, 6.45) is 1.98. The van der Waals surface area contributed by atoms with Gasteiger partial charge in [0.25, 0.3) is 0 Å². The maximum atomic E-state index is 14.2. The molecule has 1 aliphatic carbocycles.